The largest absolute Gasteiger partial charge is 0.385 e. The fraction of sp³-hybridized carbons (Fsp3) is 0.588. The molecule has 0 atom stereocenters. The van der Waals surface area contributed by atoms with Gasteiger partial charge in [-0.25, -0.2) is 0 Å². The third-order valence-corrected chi connectivity index (χ3v) is 4.17. The summed E-state index contributed by atoms with van der Waals surface area (Å²) in [5, 5.41) is 6.43. The van der Waals surface area contributed by atoms with Gasteiger partial charge in [0.1, 0.15) is 0 Å². The van der Waals surface area contributed by atoms with E-state index >= 15 is 0 Å². The molecule has 1 aromatic carbocycles. The van der Waals surface area contributed by atoms with E-state index in [1.165, 1.54) is 5.56 Å². The normalized spacial score (nSPS) is 13.7. The number of benzene rings is 1. The van der Waals surface area contributed by atoms with E-state index in [2.05, 4.69) is 35.4 Å². The highest BCUT2D eigenvalue weighted by molar-refractivity contribution is 5.97. The second-order valence-corrected chi connectivity index (χ2v) is 5.50. The zero-order valence-corrected chi connectivity index (χ0v) is 13.2. The molecule has 0 aliphatic carbocycles. The number of fused-ring (bicyclic) bond motifs is 1. The number of rotatable bonds is 7. The first-order chi connectivity index (χ1) is 10.3. The van der Waals surface area contributed by atoms with Crippen molar-refractivity contribution in [3.63, 3.8) is 0 Å². The molecule has 0 spiro atoms. The first-order valence-corrected chi connectivity index (χ1v) is 8.12. The van der Waals surface area contributed by atoms with Gasteiger partial charge in [-0.15, -0.1) is 0 Å². The zero-order valence-electron chi connectivity index (χ0n) is 13.2. The van der Waals surface area contributed by atoms with Gasteiger partial charge in [0.25, 0.3) is 5.91 Å². The number of hydrogen-bond donors (Lipinski definition) is 2. The van der Waals surface area contributed by atoms with E-state index in [9.17, 15) is 4.79 Å². The lowest BCUT2D eigenvalue weighted by molar-refractivity contribution is 0.0951. The summed E-state index contributed by atoms with van der Waals surface area (Å²) in [5.41, 5.74) is 3.13. The molecule has 0 fully saturated rings. The summed E-state index contributed by atoms with van der Waals surface area (Å²) in [7, 11) is 0. The molecule has 0 saturated heterocycles. The van der Waals surface area contributed by atoms with Crippen molar-refractivity contribution in [2.45, 2.75) is 33.1 Å². The van der Waals surface area contributed by atoms with Gasteiger partial charge in [-0.1, -0.05) is 19.9 Å². The fourth-order valence-electron chi connectivity index (χ4n) is 2.86. The molecule has 21 heavy (non-hydrogen) atoms. The fourth-order valence-corrected chi connectivity index (χ4v) is 2.86. The van der Waals surface area contributed by atoms with Gasteiger partial charge < -0.3 is 15.5 Å². The Morgan fingerprint density at radius 2 is 2.14 bits per heavy atom. The summed E-state index contributed by atoms with van der Waals surface area (Å²) in [4.78, 5) is 14.7. The first-order valence-electron chi connectivity index (χ1n) is 8.12. The quantitative estimate of drug-likeness (QED) is 0.758. The van der Waals surface area contributed by atoms with Crippen LogP contribution in [0.4, 0.5) is 5.69 Å². The Bertz CT molecular complexity index is 469. The minimum Gasteiger partial charge on any atom is -0.385 e. The highest BCUT2D eigenvalue weighted by Gasteiger charge is 2.16. The Hall–Kier alpha value is -1.55. The highest BCUT2D eigenvalue weighted by atomic mass is 16.1. The summed E-state index contributed by atoms with van der Waals surface area (Å²) in [6.07, 6.45) is 3.09. The molecule has 4 nitrogen and oxygen atoms in total. The molecule has 0 unspecified atom stereocenters. The van der Waals surface area contributed by atoms with Crippen molar-refractivity contribution in [1.82, 2.24) is 10.2 Å². The lowest BCUT2D eigenvalue weighted by atomic mass is 9.97. The summed E-state index contributed by atoms with van der Waals surface area (Å²) >= 11 is 0. The molecular weight excluding hydrogens is 262 g/mol. The van der Waals surface area contributed by atoms with Crippen LogP contribution in [0, 0.1) is 0 Å². The van der Waals surface area contributed by atoms with Gasteiger partial charge in [0.2, 0.25) is 0 Å². The minimum absolute atomic E-state index is 0.0649. The van der Waals surface area contributed by atoms with Crippen LogP contribution < -0.4 is 10.6 Å². The lowest BCUT2D eigenvalue weighted by Crippen LogP contribution is -2.30. The van der Waals surface area contributed by atoms with Crippen LogP contribution in [0.5, 0.6) is 0 Å². The number of hydrogen-bond acceptors (Lipinski definition) is 3. The molecule has 1 heterocycles. The molecule has 1 aliphatic heterocycles. The Balaban J connectivity index is 1.86. The Kier molecular flexibility index (Phi) is 6.05. The maximum atomic E-state index is 12.3. The summed E-state index contributed by atoms with van der Waals surface area (Å²) < 4.78 is 0. The van der Waals surface area contributed by atoms with E-state index in [0.717, 1.165) is 63.2 Å². The SMILES string of the molecule is CCN(CC)CCCNC(=O)c1cccc2c1CCCN2. The maximum absolute atomic E-state index is 12.3. The van der Waals surface area contributed by atoms with E-state index < -0.39 is 0 Å². The van der Waals surface area contributed by atoms with E-state index in [-0.39, 0.29) is 5.91 Å². The molecule has 4 heteroatoms. The molecule has 2 N–H and O–H groups in total. The summed E-state index contributed by atoms with van der Waals surface area (Å²) in [6, 6.07) is 5.96. The predicted octanol–water partition coefficient (Wildman–Crippen LogP) is 2.51. The Morgan fingerprint density at radius 1 is 1.33 bits per heavy atom. The summed E-state index contributed by atoms with van der Waals surface area (Å²) in [6.45, 7) is 9.28. The zero-order chi connectivity index (χ0) is 15.1. The molecule has 2 rings (SSSR count). The Labute approximate surface area is 127 Å². The molecule has 0 aromatic heterocycles. The molecule has 1 amide bonds. The number of carbonyl (C=O) groups excluding carboxylic acids is 1. The highest BCUT2D eigenvalue weighted by Crippen LogP contribution is 2.25. The van der Waals surface area contributed by atoms with Gasteiger partial charge in [-0.05, 0) is 56.6 Å². The second-order valence-electron chi connectivity index (χ2n) is 5.50. The monoisotopic (exact) mass is 289 g/mol. The van der Waals surface area contributed by atoms with Crippen molar-refractivity contribution in [1.29, 1.82) is 0 Å². The third kappa shape index (κ3) is 4.21. The second kappa shape index (κ2) is 8.03. The number of anilines is 1. The van der Waals surface area contributed by atoms with Crippen molar-refractivity contribution < 1.29 is 4.79 Å². The average molecular weight is 289 g/mol. The molecule has 1 aliphatic rings. The smallest absolute Gasteiger partial charge is 0.251 e. The maximum Gasteiger partial charge on any atom is 0.251 e. The van der Waals surface area contributed by atoms with Crippen LogP contribution in [-0.4, -0.2) is 43.5 Å². The van der Waals surface area contributed by atoms with Gasteiger partial charge >= 0.3 is 0 Å². The number of amides is 1. The van der Waals surface area contributed by atoms with Crippen LogP contribution in [-0.2, 0) is 6.42 Å². The molecule has 116 valence electrons. The van der Waals surface area contributed by atoms with Crippen molar-refractivity contribution in [3.05, 3.63) is 29.3 Å². The summed E-state index contributed by atoms with van der Waals surface area (Å²) in [5.74, 6) is 0.0649. The van der Waals surface area contributed by atoms with E-state index in [1.807, 2.05) is 12.1 Å². The topological polar surface area (TPSA) is 44.4 Å². The third-order valence-electron chi connectivity index (χ3n) is 4.17. The number of carbonyl (C=O) groups is 1. The number of nitrogens with zero attached hydrogens (tertiary/aromatic N) is 1. The van der Waals surface area contributed by atoms with Crippen LogP contribution >= 0.6 is 0 Å². The van der Waals surface area contributed by atoms with Crippen LogP contribution in [0.2, 0.25) is 0 Å². The van der Waals surface area contributed by atoms with Crippen molar-refractivity contribution in [2.75, 3.05) is 38.0 Å². The van der Waals surface area contributed by atoms with Crippen molar-refractivity contribution in [2.24, 2.45) is 0 Å². The van der Waals surface area contributed by atoms with Crippen LogP contribution in [0.1, 0.15) is 42.6 Å². The minimum atomic E-state index is 0.0649. The first kappa shape index (κ1) is 15.8. The van der Waals surface area contributed by atoms with Crippen LogP contribution in [0.25, 0.3) is 0 Å². The standard InChI is InChI=1S/C17H27N3O/c1-3-20(4-2)13-7-12-19-17(21)15-8-5-10-16-14(15)9-6-11-18-16/h5,8,10,18H,3-4,6-7,9,11-13H2,1-2H3,(H,19,21). The molecule has 1 aromatic rings. The predicted molar refractivity (Wildman–Crippen MR) is 88.0 cm³/mol. The van der Waals surface area contributed by atoms with Crippen molar-refractivity contribution >= 4 is 11.6 Å². The van der Waals surface area contributed by atoms with Crippen molar-refractivity contribution in [3.8, 4) is 0 Å². The van der Waals surface area contributed by atoms with Gasteiger partial charge in [0, 0.05) is 24.3 Å². The average Bonchev–Trinajstić information content (AvgIpc) is 2.54. The molecule has 0 radical (unpaired) electrons. The van der Waals surface area contributed by atoms with Gasteiger partial charge in [-0.2, -0.15) is 0 Å². The number of nitrogens with one attached hydrogen (secondary N) is 2. The van der Waals surface area contributed by atoms with Gasteiger partial charge in [0.15, 0.2) is 0 Å². The van der Waals surface area contributed by atoms with E-state index in [1.54, 1.807) is 0 Å². The Morgan fingerprint density at radius 3 is 2.90 bits per heavy atom. The molecular formula is C17H27N3O. The molecule has 0 saturated carbocycles. The lowest BCUT2D eigenvalue weighted by Gasteiger charge is -2.21. The van der Waals surface area contributed by atoms with E-state index in [4.69, 9.17) is 0 Å². The van der Waals surface area contributed by atoms with Crippen LogP contribution in [0.3, 0.4) is 0 Å². The molecule has 0 bridgehead atoms. The van der Waals surface area contributed by atoms with Gasteiger partial charge in [-0.3, -0.25) is 4.79 Å². The van der Waals surface area contributed by atoms with Crippen LogP contribution in [0.15, 0.2) is 18.2 Å². The van der Waals surface area contributed by atoms with E-state index in [0.29, 0.717) is 0 Å². The van der Waals surface area contributed by atoms with Gasteiger partial charge in [0.05, 0.1) is 0 Å².